The van der Waals surface area contributed by atoms with Crippen molar-refractivity contribution in [2.45, 2.75) is 26.8 Å². The molecule has 0 atom stereocenters. The van der Waals surface area contributed by atoms with Crippen molar-refractivity contribution in [3.8, 4) is 5.75 Å². The van der Waals surface area contributed by atoms with Crippen LogP contribution in [0.2, 0.25) is 0 Å². The van der Waals surface area contributed by atoms with E-state index in [0.29, 0.717) is 5.56 Å². The maximum absolute atomic E-state index is 13.4. The van der Waals surface area contributed by atoms with Gasteiger partial charge < -0.3 is 10.4 Å². The fourth-order valence-corrected chi connectivity index (χ4v) is 1.35. The first-order valence-corrected chi connectivity index (χ1v) is 4.71. The van der Waals surface area contributed by atoms with Gasteiger partial charge in [-0.3, -0.25) is 4.79 Å². The summed E-state index contributed by atoms with van der Waals surface area (Å²) in [6, 6.07) is 2.24. The van der Waals surface area contributed by atoms with E-state index in [1.807, 2.05) is 0 Å². The van der Waals surface area contributed by atoms with E-state index in [2.05, 4.69) is 5.32 Å². The molecule has 0 bridgehead atoms. The van der Waals surface area contributed by atoms with Crippen LogP contribution in [0.25, 0.3) is 0 Å². The fourth-order valence-electron chi connectivity index (χ4n) is 1.35. The second-order valence-electron chi connectivity index (χ2n) is 3.75. The summed E-state index contributed by atoms with van der Waals surface area (Å²) in [5, 5.41) is 11.7. The number of carbonyl (C=O) groups is 1. The average Bonchev–Trinajstić information content (AvgIpc) is 1.99. The topological polar surface area (TPSA) is 49.3 Å². The molecule has 0 saturated carbocycles. The number of hydrogen-bond acceptors (Lipinski definition) is 2. The molecule has 0 radical (unpaired) electrons. The molecule has 0 heterocycles. The lowest BCUT2D eigenvalue weighted by molar-refractivity contribution is 0.0938. The van der Waals surface area contributed by atoms with Crippen molar-refractivity contribution in [1.82, 2.24) is 5.32 Å². The molecule has 2 N–H and O–H groups in total. The van der Waals surface area contributed by atoms with E-state index in [1.165, 1.54) is 6.07 Å². The highest BCUT2D eigenvalue weighted by atomic mass is 19.1. The van der Waals surface area contributed by atoms with Gasteiger partial charge in [0.2, 0.25) is 0 Å². The van der Waals surface area contributed by atoms with Crippen LogP contribution in [-0.4, -0.2) is 17.1 Å². The normalized spacial score (nSPS) is 10.5. The van der Waals surface area contributed by atoms with Crippen molar-refractivity contribution in [2.24, 2.45) is 0 Å². The molecule has 0 aliphatic rings. The highest BCUT2D eigenvalue weighted by Gasteiger charge is 2.16. The Labute approximate surface area is 87.9 Å². The first kappa shape index (κ1) is 11.5. The van der Waals surface area contributed by atoms with Gasteiger partial charge in [-0.15, -0.1) is 0 Å². The van der Waals surface area contributed by atoms with Gasteiger partial charge in [0.1, 0.15) is 11.6 Å². The molecule has 1 aromatic rings. The molecule has 0 fully saturated rings. The number of hydrogen-bond donors (Lipinski definition) is 2. The van der Waals surface area contributed by atoms with Crippen LogP contribution < -0.4 is 5.32 Å². The number of phenolic OH excluding ortho intramolecular Hbond substituents is 1. The van der Waals surface area contributed by atoms with Crippen LogP contribution in [-0.2, 0) is 0 Å². The van der Waals surface area contributed by atoms with Crippen LogP contribution >= 0.6 is 0 Å². The number of phenols is 1. The van der Waals surface area contributed by atoms with E-state index in [0.717, 1.165) is 6.07 Å². The van der Waals surface area contributed by atoms with Crippen molar-refractivity contribution in [3.63, 3.8) is 0 Å². The zero-order chi connectivity index (χ0) is 11.6. The SMILES string of the molecule is Cc1cc(O)cc(F)c1C(=O)NC(C)C. The van der Waals surface area contributed by atoms with Crippen molar-refractivity contribution < 1.29 is 14.3 Å². The summed E-state index contributed by atoms with van der Waals surface area (Å²) in [5.41, 5.74) is 0.409. The summed E-state index contributed by atoms with van der Waals surface area (Å²) in [5.74, 6) is -1.34. The third-order valence-electron chi connectivity index (χ3n) is 1.92. The maximum Gasteiger partial charge on any atom is 0.254 e. The van der Waals surface area contributed by atoms with Crippen LogP contribution in [0.4, 0.5) is 4.39 Å². The predicted molar refractivity (Wildman–Crippen MR) is 55.4 cm³/mol. The monoisotopic (exact) mass is 211 g/mol. The van der Waals surface area contributed by atoms with Crippen LogP contribution in [0, 0.1) is 12.7 Å². The summed E-state index contributed by atoms with van der Waals surface area (Å²) < 4.78 is 13.4. The zero-order valence-corrected chi connectivity index (χ0v) is 8.97. The predicted octanol–water partition coefficient (Wildman–Crippen LogP) is 1.98. The Bertz CT molecular complexity index is 365. The third kappa shape index (κ3) is 2.68. The molecule has 0 saturated heterocycles. The second-order valence-corrected chi connectivity index (χ2v) is 3.75. The van der Waals surface area contributed by atoms with E-state index in [1.54, 1.807) is 20.8 Å². The van der Waals surface area contributed by atoms with Crippen molar-refractivity contribution in [2.75, 3.05) is 0 Å². The van der Waals surface area contributed by atoms with Gasteiger partial charge >= 0.3 is 0 Å². The van der Waals surface area contributed by atoms with Gasteiger partial charge in [0.05, 0.1) is 5.56 Å². The highest BCUT2D eigenvalue weighted by molar-refractivity contribution is 5.96. The number of carbonyl (C=O) groups excluding carboxylic acids is 1. The number of aromatic hydroxyl groups is 1. The Hall–Kier alpha value is -1.58. The van der Waals surface area contributed by atoms with Gasteiger partial charge in [0.25, 0.3) is 5.91 Å². The molecule has 1 rings (SSSR count). The Kier molecular flexibility index (Phi) is 3.29. The minimum Gasteiger partial charge on any atom is -0.508 e. The number of rotatable bonds is 2. The summed E-state index contributed by atoms with van der Waals surface area (Å²) >= 11 is 0. The maximum atomic E-state index is 13.4. The molecular formula is C11H14FNO2. The number of halogens is 1. The first-order valence-electron chi connectivity index (χ1n) is 4.71. The number of aryl methyl sites for hydroxylation is 1. The van der Waals surface area contributed by atoms with Crippen molar-refractivity contribution in [3.05, 3.63) is 29.1 Å². The molecule has 3 nitrogen and oxygen atoms in total. The zero-order valence-electron chi connectivity index (χ0n) is 8.97. The highest BCUT2D eigenvalue weighted by Crippen LogP contribution is 2.19. The minimum atomic E-state index is -0.703. The molecular weight excluding hydrogens is 197 g/mol. The van der Waals surface area contributed by atoms with Gasteiger partial charge in [-0.05, 0) is 32.4 Å². The molecule has 0 aliphatic heterocycles. The Morgan fingerprint density at radius 3 is 2.53 bits per heavy atom. The third-order valence-corrected chi connectivity index (χ3v) is 1.92. The van der Waals surface area contributed by atoms with Crippen LogP contribution in [0.5, 0.6) is 5.75 Å². The summed E-state index contributed by atoms with van der Waals surface area (Å²) in [7, 11) is 0. The Morgan fingerprint density at radius 1 is 1.47 bits per heavy atom. The van der Waals surface area contributed by atoms with Gasteiger partial charge in [-0.2, -0.15) is 0 Å². The van der Waals surface area contributed by atoms with E-state index < -0.39 is 11.7 Å². The number of nitrogens with one attached hydrogen (secondary N) is 1. The van der Waals surface area contributed by atoms with Gasteiger partial charge in [0, 0.05) is 12.1 Å². The summed E-state index contributed by atoms with van der Waals surface area (Å²) in [6.45, 7) is 5.18. The average molecular weight is 211 g/mol. The molecule has 0 aromatic heterocycles. The molecule has 15 heavy (non-hydrogen) atoms. The number of amides is 1. The Balaban J connectivity index is 3.09. The summed E-state index contributed by atoms with van der Waals surface area (Å²) in [4.78, 5) is 11.6. The van der Waals surface area contributed by atoms with Crippen molar-refractivity contribution in [1.29, 1.82) is 0 Å². The molecule has 0 spiro atoms. The van der Waals surface area contributed by atoms with Crippen molar-refractivity contribution >= 4 is 5.91 Å². The standard InChI is InChI=1S/C11H14FNO2/c1-6(2)13-11(15)10-7(3)4-8(14)5-9(10)12/h4-6,14H,1-3H3,(H,13,15). The smallest absolute Gasteiger partial charge is 0.254 e. The quantitative estimate of drug-likeness (QED) is 0.785. The lowest BCUT2D eigenvalue weighted by Crippen LogP contribution is -2.31. The van der Waals surface area contributed by atoms with Gasteiger partial charge in [-0.1, -0.05) is 0 Å². The van der Waals surface area contributed by atoms with Gasteiger partial charge in [0.15, 0.2) is 0 Å². The van der Waals surface area contributed by atoms with Crippen LogP contribution in [0.3, 0.4) is 0 Å². The van der Waals surface area contributed by atoms with Crippen LogP contribution in [0.1, 0.15) is 29.8 Å². The van der Waals surface area contributed by atoms with E-state index in [9.17, 15) is 9.18 Å². The van der Waals surface area contributed by atoms with E-state index in [-0.39, 0.29) is 17.4 Å². The lowest BCUT2D eigenvalue weighted by Gasteiger charge is -2.11. The summed E-state index contributed by atoms with van der Waals surface area (Å²) in [6.07, 6.45) is 0. The molecule has 4 heteroatoms. The molecule has 1 amide bonds. The number of benzene rings is 1. The largest absolute Gasteiger partial charge is 0.508 e. The second kappa shape index (κ2) is 4.29. The molecule has 0 unspecified atom stereocenters. The molecule has 0 aliphatic carbocycles. The first-order chi connectivity index (χ1) is 6.91. The minimum absolute atomic E-state index is 0.0125. The fraction of sp³-hybridized carbons (Fsp3) is 0.364. The van der Waals surface area contributed by atoms with Crippen LogP contribution in [0.15, 0.2) is 12.1 Å². The van der Waals surface area contributed by atoms with Gasteiger partial charge in [-0.25, -0.2) is 4.39 Å². The Morgan fingerprint density at radius 2 is 2.07 bits per heavy atom. The molecule has 82 valence electrons. The lowest BCUT2D eigenvalue weighted by atomic mass is 10.1. The van der Waals surface area contributed by atoms with E-state index >= 15 is 0 Å². The van der Waals surface area contributed by atoms with E-state index in [4.69, 9.17) is 5.11 Å². The molecule has 1 aromatic carbocycles.